The molecule has 0 bridgehead atoms. The molecule has 27 heavy (non-hydrogen) atoms. The fourth-order valence-electron chi connectivity index (χ4n) is 4.10. The lowest BCUT2D eigenvalue weighted by Gasteiger charge is -2.25. The van der Waals surface area contributed by atoms with Gasteiger partial charge in [-0.25, -0.2) is 8.42 Å². The highest BCUT2D eigenvalue weighted by molar-refractivity contribution is 7.92. The van der Waals surface area contributed by atoms with Crippen molar-refractivity contribution < 1.29 is 8.42 Å². The maximum atomic E-state index is 13.1. The molecule has 3 rings (SSSR count). The minimum absolute atomic E-state index is 0.242. The summed E-state index contributed by atoms with van der Waals surface area (Å²) in [5.74, 6) is 0.597. The van der Waals surface area contributed by atoms with Crippen molar-refractivity contribution in [3.63, 3.8) is 0 Å². The molecule has 2 aromatic carbocycles. The van der Waals surface area contributed by atoms with Gasteiger partial charge in [-0.15, -0.1) is 0 Å². The van der Waals surface area contributed by atoms with E-state index in [0.29, 0.717) is 10.8 Å². The van der Waals surface area contributed by atoms with Crippen LogP contribution in [0.25, 0.3) is 0 Å². The minimum Gasteiger partial charge on any atom is -0.223 e. The summed E-state index contributed by atoms with van der Waals surface area (Å²) < 4.78 is 26.1. The quantitative estimate of drug-likeness (QED) is 0.578. The molecule has 1 saturated carbocycles. The van der Waals surface area contributed by atoms with Gasteiger partial charge >= 0.3 is 0 Å². The zero-order valence-corrected chi connectivity index (χ0v) is 17.6. The van der Waals surface area contributed by atoms with Crippen LogP contribution in [0.5, 0.6) is 0 Å². The van der Waals surface area contributed by atoms with Crippen molar-refractivity contribution in [2.75, 3.05) is 0 Å². The Balaban J connectivity index is 1.62. The average molecular weight is 405 g/mol. The smallest absolute Gasteiger partial charge is 0.181 e. The monoisotopic (exact) mass is 404 g/mol. The summed E-state index contributed by atoms with van der Waals surface area (Å²) in [5.41, 5.74) is 2.36. The molecule has 2 nitrogen and oxygen atoms in total. The second kappa shape index (κ2) is 9.25. The van der Waals surface area contributed by atoms with E-state index in [2.05, 4.69) is 6.07 Å². The first kappa shape index (κ1) is 20.4. The van der Waals surface area contributed by atoms with Crippen molar-refractivity contribution in [2.24, 2.45) is 5.92 Å². The fourth-order valence-corrected chi connectivity index (χ4v) is 6.13. The lowest BCUT2D eigenvalue weighted by atomic mass is 9.87. The van der Waals surface area contributed by atoms with Gasteiger partial charge in [-0.05, 0) is 74.8 Å². The molecule has 0 aromatic heterocycles. The van der Waals surface area contributed by atoms with Crippen LogP contribution in [-0.2, 0) is 16.3 Å². The number of rotatable bonds is 5. The zero-order chi connectivity index (χ0) is 19.3. The third-order valence-electron chi connectivity index (χ3n) is 5.80. The van der Waals surface area contributed by atoms with Crippen LogP contribution in [0.4, 0.5) is 0 Å². The van der Waals surface area contributed by atoms with Crippen LogP contribution < -0.4 is 0 Å². The number of hydrogen-bond acceptors (Lipinski definition) is 2. The van der Waals surface area contributed by atoms with Crippen molar-refractivity contribution in [3.05, 3.63) is 64.7 Å². The van der Waals surface area contributed by atoms with Crippen molar-refractivity contribution in [1.29, 1.82) is 0 Å². The van der Waals surface area contributed by atoms with Gasteiger partial charge in [-0.2, -0.15) is 0 Å². The van der Waals surface area contributed by atoms with Crippen LogP contribution in [0.3, 0.4) is 0 Å². The molecule has 146 valence electrons. The number of sulfone groups is 1. The molecule has 0 amide bonds. The third kappa shape index (κ3) is 5.58. The Labute approximate surface area is 168 Å². The normalized spacial score (nSPS) is 21.4. The predicted molar refractivity (Wildman–Crippen MR) is 113 cm³/mol. The summed E-state index contributed by atoms with van der Waals surface area (Å²) in [4.78, 5) is 0.481. The first-order chi connectivity index (χ1) is 12.9. The Bertz CT molecular complexity index is 843. The largest absolute Gasteiger partial charge is 0.223 e. The Kier molecular flexibility index (Phi) is 6.99. The molecule has 0 N–H and O–H groups in total. The molecule has 2 atom stereocenters. The maximum Gasteiger partial charge on any atom is 0.181 e. The highest BCUT2D eigenvalue weighted by Crippen LogP contribution is 2.32. The van der Waals surface area contributed by atoms with Gasteiger partial charge in [0.05, 0.1) is 10.1 Å². The fraction of sp³-hybridized carbons (Fsp3) is 0.478. The van der Waals surface area contributed by atoms with Crippen LogP contribution >= 0.6 is 11.6 Å². The summed E-state index contributed by atoms with van der Waals surface area (Å²) in [6.45, 7) is 1.98. The van der Waals surface area contributed by atoms with E-state index in [1.165, 1.54) is 12.0 Å². The van der Waals surface area contributed by atoms with E-state index in [4.69, 9.17) is 11.6 Å². The molecule has 4 heteroatoms. The van der Waals surface area contributed by atoms with Crippen LogP contribution in [0, 0.1) is 12.8 Å². The summed E-state index contributed by atoms with van der Waals surface area (Å²) in [7, 11) is -3.23. The average Bonchev–Trinajstić information content (AvgIpc) is 2.61. The predicted octanol–water partition coefficient (Wildman–Crippen LogP) is 6.39. The van der Waals surface area contributed by atoms with Crippen molar-refractivity contribution in [3.8, 4) is 0 Å². The molecule has 0 aliphatic heterocycles. The Hall–Kier alpha value is -1.32. The highest BCUT2D eigenvalue weighted by Gasteiger charge is 2.29. The molecular weight excluding hydrogens is 376 g/mol. The lowest BCUT2D eigenvalue weighted by Crippen LogP contribution is -2.24. The Morgan fingerprint density at radius 1 is 0.963 bits per heavy atom. The van der Waals surface area contributed by atoms with E-state index in [9.17, 15) is 8.42 Å². The van der Waals surface area contributed by atoms with Crippen molar-refractivity contribution in [1.82, 2.24) is 0 Å². The van der Waals surface area contributed by atoms with Crippen LogP contribution in [0.15, 0.2) is 53.4 Å². The maximum absolute atomic E-state index is 13.1. The van der Waals surface area contributed by atoms with Crippen LogP contribution in [0.1, 0.15) is 56.1 Å². The van der Waals surface area contributed by atoms with E-state index in [-0.39, 0.29) is 5.25 Å². The number of aryl methyl sites for hydroxylation is 2. The van der Waals surface area contributed by atoms with Gasteiger partial charge in [0.1, 0.15) is 0 Å². The van der Waals surface area contributed by atoms with E-state index in [0.717, 1.165) is 55.5 Å². The van der Waals surface area contributed by atoms with Gasteiger partial charge in [0, 0.05) is 5.02 Å². The summed E-state index contributed by atoms with van der Waals surface area (Å²) >= 11 is 6.08. The topological polar surface area (TPSA) is 34.1 Å². The molecule has 0 heterocycles. The van der Waals surface area contributed by atoms with E-state index < -0.39 is 9.84 Å². The first-order valence-electron chi connectivity index (χ1n) is 10.00. The molecule has 0 saturated heterocycles. The van der Waals surface area contributed by atoms with Gasteiger partial charge in [0.25, 0.3) is 0 Å². The number of benzene rings is 2. The van der Waals surface area contributed by atoms with Gasteiger partial charge in [0.2, 0.25) is 0 Å². The standard InChI is InChI=1S/C23H29ClO2S/c1-18-9-14-23(15-10-18)27(25,26)22-8-3-2-5-19(13-16-22)11-12-20-6-4-7-21(24)17-20/h4,6-7,9-10,14-15,17,19,22H,2-3,5,8,11-13,16H2,1H3. The van der Waals surface area contributed by atoms with Crippen molar-refractivity contribution >= 4 is 21.4 Å². The summed E-state index contributed by atoms with van der Waals surface area (Å²) in [5, 5.41) is 0.545. The van der Waals surface area contributed by atoms with Crippen LogP contribution in [0.2, 0.25) is 5.02 Å². The SMILES string of the molecule is Cc1ccc(S(=O)(=O)C2CCCCC(CCc3cccc(Cl)c3)CC2)cc1. The number of hydrogen-bond donors (Lipinski definition) is 0. The molecule has 0 radical (unpaired) electrons. The summed E-state index contributed by atoms with van der Waals surface area (Å²) in [6.07, 6.45) is 8.02. The molecule has 1 aliphatic rings. The highest BCUT2D eigenvalue weighted by atomic mass is 35.5. The lowest BCUT2D eigenvalue weighted by molar-refractivity contribution is 0.358. The van der Waals surface area contributed by atoms with Gasteiger partial charge < -0.3 is 0 Å². The Morgan fingerprint density at radius 2 is 1.70 bits per heavy atom. The van der Waals surface area contributed by atoms with Gasteiger partial charge in [-0.3, -0.25) is 0 Å². The second-order valence-corrected chi connectivity index (χ2v) is 10.5. The molecule has 1 aliphatic carbocycles. The van der Waals surface area contributed by atoms with Crippen LogP contribution in [-0.4, -0.2) is 13.7 Å². The zero-order valence-electron chi connectivity index (χ0n) is 16.0. The molecule has 0 spiro atoms. The van der Waals surface area contributed by atoms with Crippen molar-refractivity contribution in [2.45, 2.75) is 68.4 Å². The molecule has 2 unspecified atom stereocenters. The minimum atomic E-state index is -3.23. The Morgan fingerprint density at radius 3 is 2.44 bits per heavy atom. The van der Waals surface area contributed by atoms with Gasteiger partial charge in [-0.1, -0.05) is 60.7 Å². The first-order valence-corrected chi connectivity index (χ1v) is 11.9. The molecule has 1 fully saturated rings. The third-order valence-corrected chi connectivity index (χ3v) is 8.32. The van der Waals surface area contributed by atoms with E-state index >= 15 is 0 Å². The molecule has 2 aromatic rings. The van der Waals surface area contributed by atoms with Gasteiger partial charge in [0.15, 0.2) is 9.84 Å². The van der Waals surface area contributed by atoms with E-state index in [1.807, 2.05) is 37.3 Å². The molecular formula is C23H29ClO2S. The number of halogens is 1. The van der Waals surface area contributed by atoms with E-state index in [1.54, 1.807) is 12.1 Å². The second-order valence-electron chi connectivity index (χ2n) is 7.88. The summed E-state index contributed by atoms with van der Waals surface area (Å²) in [6, 6.07) is 15.4.